The molecule has 0 heterocycles. The van der Waals surface area contributed by atoms with Crippen molar-refractivity contribution in [2.24, 2.45) is 0 Å². The van der Waals surface area contributed by atoms with E-state index in [-0.39, 0.29) is 0 Å². The highest BCUT2D eigenvalue weighted by atomic mass is 16.3. The number of hydrogen-bond acceptors (Lipinski definition) is 1. The second-order valence-electron chi connectivity index (χ2n) is 4.16. The Morgan fingerprint density at radius 3 is 2.75 bits per heavy atom. The zero-order chi connectivity index (χ0) is 8.77. The molecule has 1 aliphatic carbocycles. The molecule has 1 atom stereocenters. The molecule has 1 aliphatic rings. The molecule has 2 bridgehead atoms. The van der Waals surface area contributed by atoms with Crippen molar-refractivity contribution < 1.29 is 5.11 Å². The maximum atomic E-state index is 9.86. The van der Waals surface area contributed by atoms with Gasteiger partial charge in [-0.15, -0.1) is 0 Å². The average molecular weight is 162 g/mol. The van der Waals surface area contributed by atoms with Gasteiger partial charge < -0.3 is 5.11 Å². The molecule has 64 valence electrons. The lowest BCUT2D eigenvalue weighted by atomic mass is 9.86. The van der Waals surface area contributed by atoms with Crippen LogP contribution in [0.3, 0.4) is 0 Å². The van der Waals surface area contributed by atoms with Gasteiger partial charge in [0.1, 0.15) is 0 Å². The third-order valence-electron chi connectivity index (χ3n) is 2.65. The molecule has 1 N–H and O–H groups in total. The van der Waals surface area contributed by atoms with Crippen molar-refractivity contribution in [2.75, 3.05) is 0 Å². The minimum Gasteiger partial charge on any atom is -0.390 e. The maximum Gasteiger partial charge on any atom is 0.0663 e. The lowest BCUT2D eigenvalue weighted by molar-refractivity contribution is 0.0517. The van der Waals surface area contributed by atoms with Gasteiger partial charge in [-0.2, -0.15) is 0 Å². The molecular formula is C11H14O. The van der Waals surface area contributed by atoms with Gasteiger partial charge in [0.2, 0.25) is 0 Å². The Balaban J connectivity index is 2.36. The molecule has 1 unspecified atom stereocenters. The summed E-state index contributed by atoms with van der Waals surface area (Å²) in [5.74, 6) is 0.294. The molecule has 0 spiro atoms. The molecule has 2 rings (SSSR count). The smallest absolute Gasteiger partial charge is 0.0663 e. The summed E-state index contributed by atoms with van der Waals surface area (Å²) in [5.41, 5.74) is 2.04. The van der Waals surface area contributed by atoms with Gasteiger partial charge in [-0.3, -0.25) is 0 Å². The van der Waals surface area contributed by atoms with Crippen molar-refractivity contribution in [2.45, 2.75) is 31.8 Å². The van der Waals surface area contributed by atoms with Crippen LogP contribution in [0.5, 0.6) is 0 Å². The van der Waals surface area contributed by atoms with Gasteiger partial charge in [-0.25, -0.2) is 0 Å². The maximum absolute atomic E-state index is 9.86. The Hall–Kier alpha value is -0.820. The van der Waals surface area contributed by atoms with Gasteiger partial charge >= 0.3 is 0 Å². The molecule has 0 saturated heterocycles. The SMILES string of the molecule is CC(C)(O)C1Cc2cccc1c2. The molecule has 1 nitrogen and oxygen atoms in total. The zero-order valence-corrected chi connectivity index (χ0v) is 7.54. The van der Waals surface area contributed by atoms with Crippen LogP contribution in [0.1, 0.15) is 30.9 Å². The van der Waals surface area contributed by atoms with Crippen LogP contribution in [0.15, 0.2) is 24.3 Å². The fourth-order valence-electron chi connectivity index (χ4n) is 1.95. The van der Waals surface area contributed by atoms with Crippen molar-refractivity contribution in [3.8, 4) is 0 Å². The van der Waals surface area contributed by atoms with E-state index in [2.05, 4.69) is 24.3 Å². The highest BCUT2D eigenvalue weighted by Crippen LogP contribution is 2.36. The van der Waals surface area contributed by atoms with Gasteiger partial charge in [0, 0.05) is 5.92 Å². The van der Waals surface area contributed by atoms with Crippen molar-refractivity contribution in [3.63, 3.8) is 0 Å². The highest BCUT2D eigenvalue weighted by molar-refractivity contribution is 5.36. The van der Waals surface area contributed by atoms with Gasteiger partial charge in [0.15, 0.2) is 0 Å². The van der Waals surface area contributed by atoms with Crippen LogP contribution >= 0.6 is 0 Å². The van der Waals surface area contributed by atoms with Crippen molar-refractivity contribution >= 4 is 0 Å². The van der Waals surface area contributed by atoms with Gasteiger partial charge in [-0.05, 0) is 31.4 Å². The first-order valence-electron chi connectivity index (χ1n) is 4.38. The predicted octanol–water partition coefficient (Wildman–Crippen LogP) is 2.10. The Labute approximate surface area is 73.0 Å². The summed E-state index contributed by atoms with van der Waals surface area (Å²) in [4.78, 5) is 0. The number of rotatable bonds is 1. The molecule has 0 saturated carbocycles. The molecule has 12 heavy (non-hydrogen) atoms. The van der Waals surface area contributed by atoms with E-state index >= 15 is 0 Å². The molecule has 1 heteroatoms. The summed E-state index contributed by atoms with van der Waals surface area (Å²) in [6.07, 6.45) is 0.992. The third kappa shape index (κ3) is 1.14. The predicted molar refractivity (Wildman–Crippen MR) is 49.2 cm³/mol. The van der Waals surface area contributed by atoms with Gasteiger partial charge in [-0.1, -0.05) is 24.3 Å². The summed E-state index contributed by atoms with van der Waals surface area (Å²) in [6.45, 7) is 3.77. The first kappa shape index (κ1) is 7.81. The summed E-state index contributed by atoms with van der Waals surface area (Å²) >= 11 is 0. The van der Waals surface area contributed by atoms with Crippen LogP contribution in [-0.4, -0.2) is 10.7 Å². The van der Waals surface area contributed by atoms with Gasteiger partial charge in [0.05, 0.1) is 5.60 Å². The minimum absolute atomic E-state index is 0.294. The standard InChI is InChI=1S/C11H14O/c1-11(2,12)10-7-8-4-3-5-9(10)6-8/h3-6,10,12H,7H2,1-2H3. The zero-order valence-electron chi connectivity index (χ0n) is 7.54. The van der Waals surface area contributed by atoms with Crippen molar-refractivity contribution in [3.05, 3.63) is 35.4 Å². The lowest BCUT2D eigenvalue weighted by Crippen LogP contribution is -2.28. The summed E-state index contributed by atoms with van der Waals surface area (Å²) < 4.78 is 0. The Kier molecular flexibility index (Phi) is 1.52. The highest BCUT2D eigenvalue weighted by Gasteiger charge is 2.31. The fourth-order valence-corrected chi connectivity index (χ4v) is 1.95. The summed E-state index contributed by atoms with van der Waals surface area (Å²) in [7, 11) is 0. The second-order valence-corrected chi connectivity index (χ2v) is 4.16. The largest absolute Gasteiger partial charge is 0.390 e. The summed E-state index contributed by atoms with van der Waals surface area (Å²) in [5, 5.41) is 9.86. The normalized spacial score (nSPS) is 21.4. The number of fused-ring (bicyclic) bond motifs is 2. The Bertz CT molecular complexity index is 296. The molecule has 0 fully saturated rings. The lowest BCUT2D eigenvalue weighted by Gasteiger charge is -2.25. The van der Waals surface area contributed by atoms with Crippen LogP contribution in [0, 0.1) is 0 Å². The number of aliphatic hydroxyl groups is 1. The van der Waals surface area contributed by atoms with E-state index < -0.39 is 5.60 Å². The Morgan fingerprint density at radius 2 is 2.17 bits per heavy atom. The first-order chi connectivity index (χ1) is 5.57. The summed E-state index contributed by atoms with van der Waals surface area (Å²) in [6, 6.07) is 8.47. The quantitative estimate of drug-likeness (QED) is 0.670. The van der Waals surface area contributed by atoms with Gasteiger partial charge in [0.25, 0.3) is 0 Å². The van der Waals surface area contributed by atoms with Crippen LogP contribution in [0.2, 0.25) is 0 Å². The second kappa shape index (κ2) is 2.33. The van der Waals surface area contributed by atoms with E-state index in [1.54, 1.807) is 0 Å². The molecule has 0 aliphatic heterocycles. The van der Waals surface area contributed by atoms with Crippen LogP contribution in [-0.2, 0) is 6.42 Å². The number of benzene rings is 1. The van der Waals surface area contributed by atoms with Crippen LogP contribution < -0.4 is 0 Å². The first-order valence-corrected chi connectivity index (χ1v) is 4.38. The van der Waals surface area contributed by atoms with Crippen LogP contribution in [0.25, 0.3) is 0 Å². The van der Waals surface area contributed by atoms with E-state index in [0.29, 0.717) is 5.92 Å². The average Bonchev–Trinajstić information content (AvgIpc) is 2.25. The molecule has 0 aromatic heterocycles. The van der Waals surface area contributed by atoms with E-state index in [1.165, 1.54) is 11.1 Å². The molecule has 0 radical (unpaired) electrons. The third-order valence-corrected chi connectivity index (χ3v) is 2.65. The Morgan fingerprint density at radius 1 is 1.42 bits per heavy atom. The van der Waals surface area contributed by atoms with Crippen molar-refractivity contribution in [1.82, 2.24) is 0 Å². The molecular weight excluding hydrogens is 148 g/mol. The molecule has 1 aromatic carbocycles. The van der Waals surface area contributed by atoms with Crippen LogP contribution in [0.4, 0.5) is 0 Å². The number of hydrogen-bond donors (Lipinski definition) is 1. The topological polar surface area (TPSA) is 20.2 Å². The van der Waals surface area contributed by atoms with E-state index in [9.17, 15) is 5.11 Å². The molecule has 1 aromatic rings. The fraction of sp³-hybridized carbons (Fsp3) is 0.455. The van der Waals surface area contributed by atoms with E-state index in [1.807, 2.05) is 13.8 Å². The van der Waals surface area contributed by atoms with Crippen molar-refractivity contribution in [1.29, 1.82) is 0 Å². The minimum atomic E-state index is -0.587. The van der Waals surface area contributed by atoms with E-state index in [0.717, 1.165) is 6.42 Å². The molecule has 0 amide bonds. The van der Waals surface area contributed by atoms with E-state index in [4.69, 9.17) is 0 Å². The monoisotopic (exact) mass is 162 g/mol.